The molecule has 0 radical (unpaired) electrons. The Labute approximate surface area is 194 Å². The van der Waals surface area contributed by atoms with Crippen molar-refractivity contribution < 1.29 is 14.3 Å². The topological polar surface area (TPSA) is 67.8 Å². The standard InChI is InChI=1S/C26H28N4O3/c1-19-9-11-22(23(15-19)32-3)33-25-16-24(27-18-28-25)29-13-14-30(20(2)17-29)26(31)12-10-21-7-5-4-6-8-21/h4-12,15-16,18,20H,13-14,17H2,1-3H3/b12-10+/t20-/m1/s1. The van der Waals surface area contributed by atoms with Crippen LogP contribution in [0.5, 0.6) is 17.4 Å². The van der Waals surface area contributed by atoms with Crippen LogP contribution in [0.3, 0.4) is 0 Å². The van der Waals surface area contributed by atoms with Crippen LogP contribution in [0.15, 0.2) is 67.0 Å². The third kappa shape index (κ3) is 5.49. The predicted octanol–water partition coefficient (Wildman–Crippen LogP) is 4.34. The number of piperazine rings is 1. The summed E-state index contributed by atoms with van der Waals surface area (Å²) in [6.07, 6.45) is 5.00. The predicted molar refractivity (Wildman–Crippen MR) is 129 cm³/mol. The lowest BCUT2D eigenvalue weighted by molar-refractivity contribution is -0.128. The van der Waals surface area contributed by atoms with Crippen LogP contribution in [0.25, 0.3) is 6.08 Å². The second-order valence-electron chi connectivity index (χ2n) is 8.04. The van der Waals surface area contributed by atoms with Gasteiger partial charge in [-0.1, -0.05) is 36.4 Å². The van der Waals surface area contributed by atoms with Gasteiger partial charge in [-0.15, -0.1) is 0 Å². The Morgan fingerprint density at radius 1 is 1.06 bits per heavy atom. The van der Waals surface area contributed by atoms with Gasteiger partial charge >= 0.3 is 0 Å². The number of hydrogen-bond donors (Lipinski definition) is 0. The van der Waals surface area contributed by atoms with Crippen molar-refractivity contribution in [3.63, 3.8) is 0 Å². The fraction of sp³-hybridized carbons (Fsp3) is 0.269. The highest BCUT2D eigenvalue weighted by Crippen LogP contribution is 2.32. The Balaban J connectivity index is 1.41. The molecule has 0 N–H and O–H groups in total. The highest BCUT2D eigenvalue weighted by molar-refractivity contribution is 5.92. The fourth-order valence-electron chi connectivity index (χ4n) is 3.85. The average Bonchev–Trinajstić information content (AvgIpc) is 2.84. The second kappa shape index (κ2) is 10.2. The van der Waals surface area contributed by atoms with Gasteiger partial charge in [0.2, 0.25) is 11.8 Å². The van der Waals surface area contributed by atoms with E-state index >= 15 is 0 Å². The Bertz CT molecular complexity index is 1130. The van der Waals surface area contributed by atoms with E-state index in [-0.39, 0.29) is 11.9 Å². The fourth-order valence-corrected chi connectivity index (χ4v) is 3.85. The molecule has 33 heavy (non-hydrogen) atoms. The van der Waals surface area contributed by atoms with Crippen LogP contribution < -0.4 is 14.4 Å². The molecule has 170 valence electrons. The number of ether oxygens (including phenoxy) is 2. The number of aromatic nitrogens is 2. The minimum atomic E-state index is 0.0178. The van der Waals surface area contributed by atoms with Gasteiger partial charge in [0.25, 0.3) is 0 Å². The maximum Gasteiger partial charge on any atom is 0.246 e. The van der Waals surface area contributed by atoms with Crippen molar-refractivity contribution in [2.45, 2.75) is 19.9 Å². The monoisotopic (exact) mass is 444 g/mol. The molecule has 7 heteroatoms. The van der Waals surface area contributed by atoms with E-state index in [2.05, 4.69) is 21.8 Å². The smallest absolute Gasteiger partial charge is 0.246 e. The van der Waals surface area contributed by atoms with E-state index in [9.17, 15) is 4.79 Å². The van der Waals surface area contributed by atoms with E-state index in [0.29, 0.717) is 37.0 Å². The lowest BCUT2D eigenvalue weighted by Gasteiger charge is -2.40. The summed E-state index contributed by atoms with van der Waals surface area (Å²) in [7, 11) is 1.62. The van der Waals surface area contributed by atoms with Crippen molar-refractivity contribution in [3.8, 4) is 17.4 Å². The van der Waals surface area contributed by atoms with Gasteiger partial charge in [0.05, 0.1) is 7.11 Å². The molecule has 1 atom stereocenters. The highest BCUT2D eigenvalue weighted by atomic mass is 16.5. The van der Waals surface area contributed by atoms with Crippen LogP contribution in [0.1, 0.15) is 18.1 Å². The molecule has 1 saturated heterocycles. The summed E-state index contributed by atoms with van der Waals surface area (Å²) >= 11 is 0. The zero-order valence-electron chi connectivity index (χ0n) is 19.1. The van der Waals surface area contributed by atoms with Crippen LogP contribution in [-0.2, 0) is 4.79 Å². The quantitative estimate of drug-likeness (QED) is 0.527. The first-order chi connectivity index (χ1) is 16.0. The first kappa shape index (κ1) is 22.3. The Morgan fingerprint density at radius 3 is 2.64 bits per heavy atom. The van der Waals surface area contributed by atoms with Gasteiger partial charge in [-0.25, -0.2) is 9.97 Å². The highest BCUT2D eigenvalue weighted by Gasteiger charge is 2.27. The third-order valence-corrected chi connectivity index (χ3v) is 5.61. The molecule has 0 bridgehead atoms. The number of rotatable bonds is 6. The number of carbonyl (C=O) groups is 1. The molecule has 1 aliphatic heterocycles. The Kier molecular flexibility index (Phi) is 6.88. The van der Waals surface area contributed by atoms with E-state index in [1.165, 1.54) is 6.33 Å². The van der Waals surface area contributed by atoms with Crippen LogP contribution in [-0.4, -0.2) is 53.6 Å². The molecule has 1 fully saturated rings. The number of methoxy groups -OCH3 is 1. The van der Waals surface area contributed by atoms with Crippen molar-refractivity contribution in [1.82, 2.24) is 14.9 Å². The van der Waals surface area contributed by atoms with Gasteiger partial charge in [0.1, 0.15) is 12.1 Å². The summed E-state index contributed by atoms with van der Waals surface area (Å²) in [6, 6.07) is 17.4. The average molecular weight is 445 g/mol. The minimum Gasteiger partial charge on any atom is -0.493 e. The maximum atomic E-state index is 12.7. The summed E-state index contributed by atoms with van der Waals surface area (Å²) in [5.74, 6) is 2.48. The van der Waals surface area contributed by atoms with Gasteiger partial charge < -0.3 is 19.3 Å². The van der Waals surface area contributed by atoms with Crippen LogP contribution in [0.4, 0.5) is 5.82 Å². The van der Waals surface area contributed by atoms with Gasteiger partial charge in [-0.3, -0.25) is 4.79 Å². The summed E-state index contributed by atoms with van der Waals surface area (Å²) in [5.41, 5.74) is 2.10. The SMILES string of the molecule is COc1cc(C)ccc1Oc1cc(N2CCN(C(=O)/C=C/c3ccccc3)[C@H](C)C2)ncn1. The number of hydrogen-bond acceptors (Lipinski definition) is 6. The first-order valence-corrected chi connectivity index (χ1v) is 11.0. The van der Waals surface area contributed by atoms with E-state index in [4.69, 9.17) is 9.47 Å². The van der Waals surface area contributed by atoms with Crippen LogP contribution >= 0.6 is 0 Å². The molecule has 1 amide bonds. The number of nitrogens with zero attached hydrogens (tertiary/aromatic N) is 4. The summed E-state index contributed by atoms with van der Waals surface area (Å²) in [4.78, 5) is 25.5. The van der Waals surface area contributed by atoms with Crippen LogP contribution in [0, 0.1) is 6.92 Å². The molecule has 1 aromatic heterocycles. The molecule has 2 aromatic carbocycles. The van der Waals surface area contributed by atoms with Gasteiger partial charge in [0.15, 0.2) is 11.5 Å². The van der Waals surface area contributed by atoms with Gasteiger partial charge in [-0.2, -0.15) is 0 Å². The Morgan fingerprint density at radius 2 is 1.88 bits per heavy atom. The number of benzene rings is 2. The van der Waals surface area contributed by atoms with Crippen molar-refractivity contribution >= 4 is 17.8 Å². The van der Waals surface area contributed by atoms with Gasteiger partial charge in [-0.05, 0) is 43.2 Å². The summed E-state index contributed by atoms with van der Waals surface area (Å²) in [5, 5.41) is 0. The molecule has 0 aliphatic carbocycles. The lowest BCUT2D eigenvalue weighted by Crippen LogP contribution is -2.54. The Hall–Kier alpha value is -3.87. The maximum absolute atomic E-state index is 12.7. The molecule has 0 saturated carbocycles. The molecule has 1 aliphatic rings. The van der Waals surface area contributed by atoms with Crippen molar-refractivity contribution in [3.05, 3.63) is 78.1 Å². The minimum absolute atomic E-state index is 0.0178. The molecule has 0 unspecified atom stereocenters. The molecule has 2 heterocycles. The molecule has 4 rings (SSSR count). The third-order valence-electron chi connectivity index (χ3n) is 5.61. The van der Waals surface area contributed by atoms with Crippen molar-refractivity contribution in [2.24, 2.45) is 0 Å². The van der Waals surface area contributed by atoms with Crippen molar-refractivity contribution in [2.75, 3.05) is 31.6 Å². The van der Waals surface area contributed by atoms with E-state index in [1.807, 2.05) is 72.5 Å². The van der Waals surface area contributed by atoms with E-state index in [0.717, 1.165) is 16.9 Å². The summed E-state index contributed by atoms with van der Waals surface area (Å²) in [6.45, 7) is 6.02. The first-order valence-electron chi connectivity index (χ1n) is 11.0. The second-order valence-corrected chi connectivity index (χ2v) is 8.04. The van der Waals surface area contributed by atoms with Gasteiger partial charge in [0, 0.05) is 37.8 Å². The van der Waals surface area contributed by atoms with Crippen molar-refractivity contribution in [1.29, 1.82) is 0 Å². The molecular weight excluding hydrogens is 416 g/mol. The molecular formula is C26H28N4O3. The number of carbonyl (C=O) groups excluding carboxylic acids is 1. The van der Waals surface area contributed by atoms with E-state index in [1.54, 1.807) is 13.2 Å². The molecule has 3 aromatic rings. The molecule has 0 spiro atoms. The number of anilines is 1. The summed E-state index contributed by atoms with van der Waals surface area (Å²) < 4.78 is 11.4. The normalized spacial score (nSPS) is 16.2. The number of amides is 1. The molecule has 7 nitrogen and oxygen atoms in total. The zero-order chi connectivity index (χ0) is 23.2. The lowest BCUT2D eigenvalue weighted by atomic mass is 10.1. The zero-order valence-corrected chi connectivity index (χ0v) is 19.1. The number of aryl methyl sites for hydroxylation is 1. The van der Waals surface area contributed by atoms with E-state index < -0.39 is 0 Å². The largest absolute Gasteiger partial charge is 0.493 e. The van der Waals surface area contributed by atoms with Crippen LogP contribution in [0.2, 0.25) is 0 Å².